The molecule has 0 aliphatic carbocycles. The number of rotatable bonds is 29. The van der Waals surface area contributed by atoms with Crippen LogP contribution in [0.25, 0.3) is 39.9 Å². The molecule has 3 aromatic heterocycles. The van der Waals surface area contributed by atoms with Crippen LogP contribution in [-0.4, -0.2) is 120 Å². The standard InChI is InChI=1S/C64H70BF2N7O7S/c66-65(67)73-49(24-25-50(73)42-51-26-30-59(74(51)65)60-18-13-41-82-60)23-20-47-21-27-52(28-22-47)80-45-62(76)70-34-11-5-6-19-61(75)68-32-9-3-1-2-4-10-33-69-63(77)46-81-53-29-31-58-56(43-53)57(44-72(58)36-35-71-37-39-79-40-38-71)64(78)55-17-12-15-48-14-7-8-16-54(48)55/h7-8,12-18,20-31,41-44H,1-6,9-11,19,32-40,45-46H2,(H,68,75)(H,69,77)(H,70,76)/b23-20+. The fourth-order valence-corrected chi connectivity index (χ4v) is 11.6. The minimum Gasteiger partial charge on any atom is -0.484 e. The van der Waals surface area contributed by atoms with Gasteiger partial charge in [0.05, 0.1) is 18.1 Å². The lowest BCUT2D eigenvalue weighted by molar-refractivity contribution is -0.360. The Balaban J connectivity index is 0.549. The number of unbranched alkanes of at least 4 members (excludes halogenated alkanes) is 7. The van der Waals surface area contributed by atoms with Crippen molar-refractivity contribution in [3.63, 3.8) is 0 Å². The molecule has 3 aliphatic heterocycles. The van der Waals surface area contributed by atoms with Crippen LogP contribution in [-0.2, 0) is 25.7 Å². The van der Waals surface area contributed by atoms with Crippen LogP contribution in [0.3, 0.4) is 0 Å². The van der Waals surface area contributed by atoms with Gasteiger partial charge in [-0.25, -0.2) is 0 Å². The normalized spacial score (nSPS) is 14.7. The molecule has 14 nitrogen and oxygen atoms in total. The number of carbonyl (C=O) groups is 4. The van der Waals surface area contributed by atoms with Crippen LogP contribution in [0.2, 0.25) is 0 Å². The molecule has 18 heteroatoms. The van der Waals surface area contributed by atoms with E-state index in [1.165, 1.54) is 11.3 Å². The van der Waals surface area contributed by atoms with Crippen molar-refractivity contribution in [3.8, 4) is 11.5 Å². The third kappa shape index (κ3) is 14.4. The molecule has 3 N–H and O–H groups in total. The van der Waals surface area contributed by atoms with Gasteiger partial charge in [-0.05, 0) is 102 Å². The van der Waals surface area contributed by atoms with Crippen LogP contribution in [0.1, 0.15) is 102 Å². The Morgan fingerprint density at radius 3 is 2.09 bits per heavy atom. The second-order valence-corrected chi connectivity index (χ2v) is 21.9. The van der Waals surface area contributed by atoms with E-state index in [1.807, 2.05) is 96.5 Å². The topological polar surface area (TPSA) is 148 Å². The molecule has 0 unspecified atom stereocenters. The number of allylic oxidation sites excluding steroid dienone is 2. The molecule has 6 heterocycles. The molecule has 0 saturated carbocycles. The quantitative estimate of drug-likeness (QED) is 0.0239. The first-order valence-electron chi connectivity index (χ1n) is 28.7. The molecule has 3 amide bonds. The molecule has 82 heavy (non-hydrogen) atoms. The number of nitrogens with one attached hydrogen (secondary N) is 3. The lowest BCUT2D eigenvalue weighted by Gasteiger charge is -2.30. The summed E-state index contributed by atoms with van der Waals surface area (Å²) in [6.45, 7) is 2.08. The van der Waals surface area contributed by atoms with Crippen LogP contribution < -0.4 is 25.4 Å². The summed E-state index contributed by atoms with van der Waals surface area (Å²) in [6.07, 6.45) is 19.3. The van der Waals surface area contributed by atoms with E-state index in [1.54, 1.807) is 54.6 Å². The number of hydrogen-bond donors (Lipinski definition) is 3. The van der Waals surface area contributed by atoms with Gasteiger partial charge in [-0.15, -0.1) is 11.3 Å². The number of aromatic nitrogens is 2. The largest absolute Gasteiger partial charge is 0.737 e. The molecular formula is C64H70BF2N7O7S. The van der Waals surface area contributed by atoms with Crippen molar-refractivity contribution in [1.82, 2.24) is 29.9 Å². The van der Waals surface area contributed by atoms with E-state index in [0.717, 1.165) is 138 Å². The summed E-state index contributed by atoms with van der Waals surface area (Å²) in [5.41, 5.74) is 4.80. The molecule has 7 aromatic rings. The number of nitrogens with zero attached hydrogens (tertiary/aromatic N) is 4. The zero-order chi connectivity index (χ0) is 56.7. The molecule has 0 spiro atoms. The summed E-state index contributed by atoms with van der Waals surface area (Å²) < 4.78 is 53.9. The van der Waals surface area contributed by atoms with Crippen LogP contribution in [0.5, 0.6) is 11.5 Å². The van der Waals surface area contributed by atoms with Gasteiger partial charge in [0, 0.05) is 110 Å². The van der Waals surface area contributed by atoms with Crippen LogP contribution in [0.15, 0.2) is 139 Å². The molecule has 1 saturated heterocycles. The molecule has 3 aliphatic rings. The fraction of sp³-hybridized carbons (Fsp3) is 0.328. The molecule has 0 radical (unpaired) electrons. The van der Waals surface area contributed by atoms with Crippen LogP contribution in [0, 0.1) is 0 Å². The molecule has 10 rings (SSSR count). The first-order chi connectivity index (χ1) is 40.1. The maximum Gasteiger partial charge on any atom is 0.737 e. The number of thiophene rings is 1. The second-order valence-electron chi connectivity index (χ2n) is 21.0. The van der Waals surface area contributed by atoms with Crippen molar-refractivity contribution in [2.75, 3.05) is 65.7 Å². The average Bonchev–Trinajstić information content (AvgIpc) is 3.06. The first kappa shape index (κ1) is 57.3. The van der Waals surface area contributed by atoms with Crippen molar-refractivity contribution in [3.05, 3.63) is 172 Å². The fourth-order valence-electron chi connectivity index (χ4n) is 10.9. The monoisotopic (exact) mass is 1130 g/mol. The highest BCUT2D eigenvalue weighted by Crippen LogP contribution is 2.35. The third-order valence-electron chi connectivity index (χ3n) is 15.2. The summed E-state index contributed by atoms with van der Waals surface area (Å²) in [5.74, 6) is 0.595. The smallest absolute Gasteiger partial charge is 0.484 e. The Hall–Kier alpha value is -7.93. The van der Waals surface area contributed by atoms with E-state index in [-0.39, 0.29) is 36.7 Å². The Kier molecular flexibility index (Phi) is 19.4. The Morgan fingerprint density at radius 2 is 1.34 bits per heavy atom. The van der Waals surface area contributed by atoms with Gasteiger partial charge < -0.3 is 52.3 Å². The van der Waals surface area contributed by atoms with Crippen molar-refractivity contribution < 1.29 is 46.5 Å². The Labute approximate surface area is 481 Å². The van der Waals surface area contributed by atoms with Gasteiger partial charge in [0.15, 0.2) is 30.4 Å². The van der Waals surface area contributed by atoms with Gasteiger partial charge in [-0.1, -0.05) is 98.8 Å². The lowest BCUT2D eigenvalue weighted by atomic mass is 9.90. The van der Waals surface area contributed by atoms with Crippen molar-refractivity contribution in [2.24, 2.45) is 0 Å². The SMILES string of the molecule is O=C(CCCCCNC(=O)COc1ccc(/C=C/c2ccc3n2[B-](F)(F)[N+]2=C(c4cccs4)C=CC2=C3)cc1)NCCCCCCCCNC(=O)COc1ccc2c(c1)c(C(=O)c1cccc3ccccc13)cn2CCN1CCOCC1. The van der Waals surface area contributed by atoms with E-state index < -0.39 is 6.97 Å². The van der Waals surface area contributed by atoms with Gasteiger partial charge in [0.25, 0.3) is 11.8 Å². The zero-order valence-corrected chi connectivity index (χ0v) is 47.0. The van der Waals surface area contributed by atoms with Crippen molar-refractivity contribution in [1.29, 1.82) is 0 Å². The number of halogens is 2. The summed E-state index contributed by atoms with van der Waals surface area (Å²) in [7, 11) is 0. The van der Waals surface area contributed by atoms with Gasteiger partial charge >= 0.3 is 6.97 Å². The molecule has 4 aromatic carbocycles. The van der Waals surface area contributed by atoms with E-state index >= 15 is 8.63 Å². The van der Waals surface area contributed by atoms with E-state index in [0.29, 0.717) is 71.5 Å². The number of benzene rings is 4. The van der Waals surface area contributed by atoms with Gasteiger partial charge in [-0.3, -0.25) is 24.1 Å². The Bertz CT molecular complexity index is 3500. The summed E-state index contributed by atoms with van der Waals surface area (Å²) in [5, 5.41) is 13.5. The molecule has 1 fully saturated rings. The van der Waals surface area contributed by atoms with Crippen LogP contribution >= 0.6 is 11.3 Å². The van der Waals surface area contributed by atoms with Gasteiger partial charge in [0.2, 0.25) is 5.91 Å². The highest BCUT2D eigenvalue weighted by molar-refractivity contribution is 7.12. The van der Waals surface area contributed by atoms with Crippen molar-refractivity contribution >= 4 is 87.4 Å². The minimum absolute atomic E-state index is 0.0365. The zero-order valence-electron chi connectivity index (χ0n) is 46.2. The number of ketones is 1. The van der Waals surface area contributed by atoms with E-state index in [2.05, 4.69) is 25.4 Å². The Morgan fingerprint density at radius 1 is 0.659 bits per heavy atom. The summed E-state index contributed by atoms with van der Waals surface area (Å²) >= 11 is 1.43. The molecule has 426 valence electrons. The second kappa shape index (κ2) is 27.7. The van der Waals surface area contributed by atoms with E-state index in [9.17, 15) is 19.2 Å². The lowest BCUT2D eigenvalue weighted by Crippen LogP contribution is -2.50. The minimum atomic E-state index is -4.13. The number of morpholine rings is 1. The summed E-state index contributed by atoms with van der Waals surface area (Å²) in [6, 6.07) is 33.7. The van der Waals surface area contributed by atoms with Crippen LogP contribution in [0.4, 0.5) is 8.63 Å². The van der Waals surface area contributed by atoms with E-state index in [4.69, 9.17) is 14.2 Å². The number of carbonyl (C=O) groups excluding carboxylic acids is 4. The number of fused-ring (bicyclic) bond motifs is 4. The molecule has 0 bridgehead atoms. The number of ether oxygens (including phenoxy) is 3. The summed E-state index contributed by atoms with van der Waals surface area (Å²) in [4.78, 5) is 55.1. The molecular weight excluding hydrogens is 1060 g/mol. The number of amides is 3. The maximum atomic E-state index is 16.2. The number of hydrogen-bond acceptors (Lipinski definition) is 9. The van der Waals surface area contributed by atoms with Crippen molar-refractivity contribution in [2.45, 2.75) is 70.8 Å². The third-order valence-corrected chi connectivity index (χ3v) is 16.1. The average molecular weight is 1130 g/mol. The maximum absolute atomic E-state index is 16.2. The first-order valence-corrected chi connectivity index (χ1v) is 29.6. The molecule has 0 atom stereocenters. The predicted molar refractivity (Wildman–Crippen MR) is 322 cm³/mol. The highest BCUT2D eigenvalue weighted by Gasteiger charge is 2.52. The highest BCUT2D eigenvalue weighted by atomic mass is 32.1. The van der Waals surface area contributed by atoms with Gasteiger partial charge in [0.1, 0.15) is 11.5 Å². The van der Waals surface area contributed by atoms with Gasteiger partial charge in [-0.2, -0.15) is 0 Å². The predicted octanol–water partition coefficient (Wildman–Crippen LogP) is 10.7.